The third kappa shape index (κ3) is 4.97. The van der Waals surface area contributed by atoms with Crippen molar-refractivity contribution in [2.45, 2.75) is 38.6 Å². The van der Waals surface area contributed by atoms with Crippen LogP contribution in [0.5, 0.6) is 0 Å². The Morgan fingerprint density at radius 2 is 1.58 bits per heavy atom. The molecule has 0 bridgehead atoms. The lowest BCUT2D eigenvalue weighted by Gasteiger charge is -2.40. The monoisotopic (exact) mass is 501 g/mol. The van der Waals surface area contributed by atoms with Crippen molar-refractivity contribution in [2.75, 3.05) is 39.3 Å². The Hall–Kier alpha value is -2.96. The number of fused-ring (bicyclic) bond motifs is 1. The Morgan fingerprint density at radius 1 is 0.889 bits per heavy atom. The van der Waals surface area contributed by atoms with Crippen molar-refractivity contribution >= 4 is 23.2 Å². The van der Waals surface area contributed by atoms with Gasteiger partial charge in [0, 0.05) is 37.6 Å². The van der Waals surface area contributed by atoms with Gasteiger partial charge in [-0.05, 0) is 53.5 Å². The predicted octanol–water partition coefficient (Wildman–Crippen LogP) is 4.87. The van der Waals surface area contributed by atoms with Crippen LogP contribution in [0.15, 0.2) is 66.0 Å². The molecule has 5 rings (SSSR count). The van der Waals surface area contributed by atoms with Gasteiger partial charge in [0.25, 0.3) is 0 Å². The van der Waals surface area contributed by atoms with Crippen LogP contribution in [0.2, 0.25) is 0 Å². The van der Waals surface area contributed by atoms with E-state index in [2.05, 4.69) is 54.5 Å². The Balaban J connectivity index is 1.24. The number of benzene rings is 2. The number of piperazine rings is 1. The van der Waals surface area contributed by atoms with Crippen LogP contribution in [0.3, 0.4) is 0 Å². The Bertz CT molecular complexity index is 1200. The largest absolute Gasteiger partial charge is 0.339 e. The molecule has 2 atom stereocenters. The summed E-state index contributed by atoms with van der Waals surface area (Å²) in [7, 11) is 0. The summed E-state index contributed by atoms with van der Waals surface area (Å²) in [4.78, 5) is 34.4. The molecule has 0 N–H and O–H groups in total. The number of hydrogen-bond donors (Lipinski definition) is 0. The molecule has 36 heavy (non-hydrogen) atoms. The van der Waals surface area contributed by atoms with Gasteiger partial charge in [-0.1, -0.05) is 61.5 Å². The maximum Gasteiger partial charge on any atom is 0.236 e. The van der Waals surface area contributed by atoms with Crippen molar-refractivity contribution in [1.82, 2.24) is 14.7 Å². The predicted molar refractivity (Wildman–Crippen MR) is 145 cm³/mol. The average Bonchev–Trinajstić information content (AvgIpc) is 3.39. The molecule has 0 aliphatic carbocycles. The van der Waals surface area contributed by atoms with E-state index in [4.69, 9.17) is 0 Å². The van der Waals surface area contributed by atoms with Crippen molar-refractivity contribution in [3.63, 3.8) is 0 Å². The molecule has 0 spiro atoms. The summed E-state index contributed by atoms with van der Waals surface area (Å²) in [6, 6.07) is 20.9. The van der Waals surface area contributed by atoms with E-state index in [1.54, 1.807) is 0 Å². The van der Waals surface area contributed by atoms with E-state index in [9.17, 15) is 9.59 Å². The second kappa shape index (κ2) is 11.0. The molecule has 2 aliphatic heterocycles. The minimum Gasteiger partial charge on any atom is -0.339 e. The molecule has 188 valence electrons. The molecule has 2 aromatic carbocycles. The van der Waals surface area contributed by atoms with Gasteiger partial charge in [0.1, 0.15) is 0 Å². The SMILES string of the molecule is CC[C@@H](C(=O)N1CCN(C(=O)CN2CCc3sccc3[C@H]2c2ccccc2C)CC1)c1ccccc1. The molecule has 3 heterocycles. The second-order valence-corrected chi connectivity index (χ2v) is 10.9. The quantitative estimate of drug-likeness (QED) is 0.484. The van der Waals surface area contributed by atoms with E-state index in [0.29, 0.717) is 32.7 Å². The fourth-order valence-electron chi connectivity index (χ4n) is 5.71. The maximum absolute atomic E-state index is 13.4. The van der Waals surface area contributed by atoms with E-state index in [-0.39, 0.29) is 23.8 Å². The average molecular weight is 502 g/mol. The van der Waals surface area contributed by atoms with Gasteiger partial charge in [-0.3, -0.25) is 14.5 Å². The zero-order valence-electron chi connectivity index (χ0n) is 21.2. The summed E-state index contributed by atoms with van der Waals surface area (Å²) in [5.74, 6) is 0.224. The lowest BCUT2D eigenvalue weighted by molar-refractivity contribution is -0.141. The number of carbonyl (C=O) groups excluding carboxylic acids is 2. The smallest absolute Gasteiger partial charge is 0.236 e. The van der Waals surface area contributed by atoms with Crippen LogP contribution in [-0.4, -0.2) is 65.8 Å². The van der Waals surface area contributed by atoms with Crippen LogP contribution in [-0.2, 0) is 16.0 Å². The summed E-state index contributed by atoms with van der Waals surface area (Å²) >= 11 is 1.82. The first kappa shape index (κ1) is 24.7. The molecule has 0 radical (unpaired) electrons. The Morgan fingerprint density at radius 3 is 2.31 bits per heavy atom. The van der Waals surface area contributed by atoms with Crippen molar-refractivity contribution in [3.05, 3.63) is 93.2 Å². The highest BCUT2D eigenvalue weighted by Crippen LogP contribution is 2.38. The van der Waals surface area contributed by atoms with Crippen LogP contribution in [0.4, 0.5) is 0 Å². The number of aryl methyl sites for hydroxylation is 1. The van der Waals surface area contributed by atoms with Gasteiger partial charge < -0.3 is 9.80 Å². The molecule has 1 saturated heterocycles. The Kier molecular flexibility index (Phi) is 7.54. The summed E-state index contributed by atoms with van der Waals surface area (Å²) in [6.07, 6.45) is 1.77. The molecule has 1 fully saturated rings. The zero-order valence-corrected chi connectivity index (χ0v) is 22.0. The van der Waals surface area contributed by atoms with E-state index >= 15 is 0 Å². The van der Waals surface area contributed by atoms with Gasteiger partial charge in [-0.15, -0.1) is 11.3 Å². The molecule has 3 aromatic rings. The van der Waals surface area contributed by atoms with Gasteiger partial charge in [0.15, 0.2) is 0 Å². The van der Waals surface area contributed by atoms with E-state index in [1.165, 1.54) is 21.6 Å². The van der Waals surface area contributed by atoms with Crippen molar-refractivity contribution in [2.24, 2.45) is 0 Å². The van der Waals surface area contributed by atoms with Crippen molar-refractivity contribution < 1.29 is 9.59 Å². The van der Waals surface area contributed by atoms with E-state index in [0.717, 1.165) is 24.9 Å². The highest BCUT2D eigenvalue weighted by Gasteiger charge is 2.34. The highest BCUT2D eigenvalue weighted by atomic mass is 32.1. The molecule has 1 aromatic heterocycles. The third-order valence-electron chi connectivity index (χ3n) is 7.74. The number of rotatable bonds is 6. The molecule has 2 aliphatic rings. The molecule has 0 unspecified atom stereocenters. The van der Waals surface area contributed by atoms with Gasteiger partial charge in [0.2, 0.25) is 11.8 Å². The number of hydrogen-bond acceptors (Lipinski definition) is 4. The van der Waals surface area contributed by atoms with Gasteiger partial charge in [0.05, 0.1) is 18.5 Å². The minimum absolute atomic E-state index is 0.114. The number of nitrogens with zero attached hydrogens (tertiary/aromatic N) is 3. The number of amides is 2. The molecule has 0 saturated carbocycles. The highest BCUT2D eigenvalue weighted by molar-refractivity contribution is 7.10. The van der Waals surface area contributed by atoms with E-state index in [1.807, 2.05) is 51.5 Å². The third-order valence-corrected chi connectivity index (χ3v) is 8.74. The van der Waals surface area contributed by atoms with Gasteiger partial charge in [-0.2, -0.15) is 0 Å². The topological polar surface area (TPSA) is 43.9 Å². The summed E-state index contributed by atoms with van der Waals surface area (Å²) in [5.41, 5.74) is 4.96. The standard InChI is InChI=1S/C30H35N3O2S/c1-3-24(23-10-5-4-6-11-23)30(35)32-18-16-31(17-19-32)28(34)21-33-15-13-27-26(14-20-36-27)29(33)25-12-8-7-9-22(25)2/h4-12,14,20,24,29H,3,13,15-19,21H2,1-2H3/t24-,29-/m1/s1. The van der Waals surface area contributed by atoms with Gasteiger partial charge >= 0.3 is 0 Å². The summed E-state index contributed by atoms with van der Waals surface area (Å²) < 4.78 is 0. The molecule has 5 nitrogen and oxygen atoms in total. The fraction of sp³-hybridized carbons (Fsp3) is 0.400. The first-order valence-electron chi connectivity index (χ1n) is 13.0. The molecule has 2 amide bonds. The first-order valence-corrected chi connectivity index (χ1v) is 13.9. The minimum atomic E-state index is -0.114. The lowest BCUT2D eigenvalue weighted by Crippen LogP contribution is -2.54. The number of carbonyl (C=O) groups is 2. The van der Waals surface area contributed by atoms with Crippen molar-refractivity contribution in [3.8, 4) is 0 Å². The normalized spacial score (nSPS) is 19.1. The molecule has 6 heteroatoms. The van der Waals surface area contributed by atoms with Crippen LogP contribution in [0.25, 0.3) is 0 Å². The molecular formula is C30H35N3O2S. The van der Waals surface area contributed by atoms with Crippen LogP contribution < -0.4 is 0 Å². The fourth-order valence-corrected chi connectivity index (χ4v) is 6.61. The second-order valence-electron chi connectivity index (χ2n) is 9.86. The van der Waals surface area contributed by atoms with E-state index < -0.39 is 0 Å². The van der Waals surface area contributed by atoms with Crippen LogP contribution >= 0.6 is 11.3 Å². The molecular weight excluding hydrogens is 466 g/mol. The van der Waals surface area contributed by atoms with Crippen LogP contribution in [0, 0.1) is 6.92 Å². The Labute approximate surface area is 218 Å². The number of thiophene rings is 1. The van der Waals surface area contributed by atoms with Crippen molar-refractivity contribution in [1.29, 1.82) is 0 Å². The van der Waals surface area contributed by atoms with Gasteiger partial charge in [-0.25, -0.2) is 0 Å². The zero-order chi connectivity index (χ0) is 25.1. The van der Waals surface area contributed by atoms with Crippen LogP contribution in [0.1, 0.15) is 52.4 Å². The lowest BCUT2D eigenvalue weighted by atomic mass is 9.90. The summed E-state index contributed by atoms with van der Waals surface area (Å²) in [5, 5.41) is 2.18. The first-order chi connectivity index (χ1) is 17.6. The summed E-state index contributed by atoms with van der Waals surface area (Å²) in [6.45, 7) is 7.91. The maximum atomic E-state index is 13.4.